The lowest BCUT2D eigenvalue weighted by atomic mass is 10.1. The number of hydrogen-bond acceptors (Lipinski definition) is 5. The normalized spacial score (nSPS) is 10.6. The van der Waals surface area contributed by atoms with Crippen LogP contribution in [0.2, 0.25) is 0 Å². The number of hydrogen-bond donors (Lipinski definition) is 3. The molecule has 0 radical (unpaired) electrons. The molecular weight excluding hydrogens is 444 g/mol. The molecule has 0 saturated carbocycles. The quantitative estimate of drug-likeness (QED) is 0.262. The Labute approximate surface area is 204 Å². The van der Waals surface area contributed by atoms with Gasteiger partial charge in [0.25, 0.3) is 5.91 Å². The maximum absolute atomic E-state index is 12.2. The highest BCUT2D eigenvalue weighted by Crippen LogP contribution is 2.17. The molecule has 35 heavy (non-hydrogen) atoms. The summed E-state index contributed by atoms with van der Waals surface area (Å²) in [5.74, 6) is -1.65. The lowest BCUT2D eigenvalue weighted by Gasteiger charge is -2.10. The largest absolute Gasteiger partial charge is 0.483 e. The highest BCUT2D eigenvalue weighted by molar-refractivity contribution is 6.39. The molecule has 0 aliphatic heterocycles. The molecule has 0 fully saturated rings. The molecule has 3 aromatic carbocycles. The van der Waals surface area contributed by atoms with E-state index < -0.39 is 11.8 Å². The Morgan fingerprint density at radius 2 is 1.57 bits per heavy atom. The predicted molar refractivity (Wildman–Crippen MR) is 137 cm³/mol. The van der Waals surface area contributed by atoms with Gasteiger partial charge in [-0.05, 0) is 73.4 Å². The number of rotatable bonds is 8. The molecule has 3 aromatic rings. The van der Waals surface area contributed by atoms with E-state index in [4.69, 9.17) is 4.74 Å². The van der Waals surface area contributed by atoms with Crippen LogP contribution in [0.15, 0.2) is 71.8 Å². The van der Waals surface area contributed by atoms with Crippen molar-refractivity contribution in [1.29, 1.82) is 0 Å². The number of nitrogens with zero attached hydrogens (tertiary/aromatic N) is 1. The van der Waals surface area contributed by atoms with Crippen molar-refractivity contribution in [2.45, 2.75) is 27.2 Å². The van der Waals surface area contributed by atoms with Crippen LogP contribution in [0.25, 0.3) is 0 Å². The maximum atomic E-state index is 12.2. The van der Waals surface area contributed by atoms with Crippen molar-refractivity contribution in [3.63, 3.8) is 0 Å². The first-order valence-electron chi connectivity index (χ1n) is 11.2. The van der Waals surface area contributed by atoms with Gasteiger partial charge < -0.3 is 15.4 Å². The number of anilines is 2. The molecule has 180 valence electrons. The second-order valence-electron chi connectivity index (χ2n) is 7.88. The molecule has 0 heterocycles. The average Bonchev–Trinajstić information content (AvgIpc) is 2.86. The molecule has 8 nitrogen and oxygen atoms in total. The number of aryl methyl sites for hydroxylation is 3. The zero-order valence-electron chi connectivity index (χ0n) is 19.9. The Kier molecular flexibility index (Phi) is 8.72. The summed E-state index contributed by atoms with van der Waals surface area (Å²) >= 11 is 0. The fourth-order valence-corrected chi connectivity index (χ4v) is 3.10. The number of para-hydroxylation sites is 1. The average molecular weight is 473 g/mol. The van der Waals surface area contributed by atoms with Crippen LogP contribution in [0.4, 0.5) is 11.4 Å². The monoisotopic (exact) mass is 472 g/mol. The van der Waals surface area contributed by atoms with E-state index in [0.717, 1.165) is 17.5 Å². The summed E-state index contributed by atoms with van der Waals surface area (Å²) in [7, 11) is 0. The fourth-order valence-electron chi connectivity index (χ4n) is 3.10. The van der Waals surface area contributed by atoms with Gasteiger partial charge in [0.15, 0.2) is 6.61 Å². The number of benzene rings is 3. The maximum Gasteiger partial charge on any atom is 0.329 e. The first kappa shape index (κ1) is 25.2. The molecule has 0 unspecified atom stereocenters. The highest BCUT2D eigenvalue weighted by Gasteiger charge is 2.13. The van der Waals surface area contributed by atoms with E-state index in [1.54, 1.807) is 36.4 Å². The molecule has 0 aliphatic rings. The van der Waals surface area contributed by atoms with Crippen LogP contribution in [-0.2, 0) is 20.8 Å². The smallest absolute Gasteiger partial charge is 0.329 e. The molecule has 0 spiro atoms. The van der Waals surface area contributed by atoms with Gasteiger partial charge in [-0.15, -0.1) is 0 Å². The van der Waals surface area contributed by atoms with Gasteiger partial charge in [0.1, 0.15) is 5.75 Å². The van der Waals surface area contributed by atoms with Crippen molar-refractivity contribution < 1.29 is 19.1 Å². The lowest BCUT2D eigenvalue weighted by molar-refractivity contribution is -0.136. The number of amides is 3. The Bertz CT molecular complexity index is 1240. The predicted octanol–water partition coefficient (Wildman–Crippen LogP) is 3.97. The van der Waals surface area contributed by atoms with Gasteiger partial charge in [-0.3, -0.25) is 14.4 Å². The van der Waals surface area contributed by atoms with Crippen molar-refractivity contribution in [3.8, 4) is 5.75 Å². The Morgan fingerprint density at radius 3 is 2.29 bits per heavy atom. The number of carbonyl (C=O) groups is 3. The third kappa shape index (κ3) is 7.53. The minimum atomic E-state index is -0.911. The summed E-state index contributed by atoms with van der Waals surface area (Å²) < 4.78 is 5.63. The van der Waals surface area contributed by atoms with Crippen molar-refractivity contribution in [2.75, 3.05) is 17.2 Å². The third-order valence-corrected chi connectivity index (χ3v) is 5.26. The van der Waals surface area contributed by atoms with Gasteiger partial charge in [0.05, 0.1) is 6.21 Å². The van der Waals surface area contributed by atoms with Gasteiger partial charge in [0, 0.05) is 16.9 Å². The minimum absolute atomic E-state index is 0.203. The van der Waals surface area contributed by atoms with E-state index >= 15 is 0 Å². The van der Waals surface area contributed by atoms with E-state index in [0.29, 0.717) is 22.7 Å². The van der Waals surface area contributed by atoms with Crippen LogP contribution in [0, 0.1) is 13.8 Å². The molecule has 0 atom stereocenters. The van der Waals surface area contributed by atoms with Gasteiger partial charge in [0.2, 0.25) is 0 Å². The number of hydrazone groups is 1. The van der Waals surface area contributed by atoms with Crippen LogP contribution in [0.5, 0.6) is 5.75 Å². The van der Waals surface area contributed by atoms with Crippen LogP contribution < -0.4 is 20.8 Å². The van der Waals surface area contributed by atoms with E-state index in [-0.39, 0.29) is 12.5 Å². The SMILES string of the molecule is CCc1ccc(NC(=O)COc2ccccc2/C=N\NC(=O)C(=O)Nc2ccc(C)c(C)c2)cc1. The molecule has 3 amide bonds. The third-order valence-electron chi connectivity index (χ3n) is 5.26. The van der Waals surface area contributed by atoms with E-state index in [2.05, 4.69) is 28.1 Å². The summed E-state index contributed by atoms with van der Waals surface area (Å²) in [6, 6.07) is 19.9. The molecule has 0 bridgehead atoms. The van der Waals surface area contributed by atoms with Crippen molar-refractivity contribution >= 4 is 35.3 Å². The molecular formula is C27H28N4O4. The van der Waals surface area contributed by atoms with Crippen LogP contribution in [0.1, 0.15) is 29.2 Å². The number of ether oxygens (including phenoxy) is 1. The topological polar surface area (TPSA) is 109 Å². The zero-order chi connectivity index (χ0) is 25.2. The molecule has 0 saturated heterocycles. The van der Waals surface area contributed by atoms with Crippen LogP contribution >= 0.6 is 0 Å². The van der Waals surface area contributed by atoms with Crippen molar-refractivity contribution in [1.82, 2.24) is 5.43 Å². The highest BCUT2D eigenvalue weighted by atomic mass is 16.5. The van der Waals surface area contributed by atoms with E-state index in [9.17, 15) is 14.4 Å². The molecule has 8 heteroatoms. The summed E-state index contributed by atoms with van der Waals surface area (Å²) in [4.78, 5) is 36.4. The van der Waals surface area contributed by atoms with Gasteiger partial charge in [-0.1, -0.05) is 37.3 Å². The first-order valence-corrected chi connectivity index (χ1v) is 11.2. The number of carbonyl (C=O) groups excluding carboxylic acids is 3. The second-order valence-corrected chi connectivity index (χ2v) is 7.88. The lowest BCUT2D eigenvalue weighted by Crippen LogP contribution is -2.32. The van der Waals surface area contributed by atoms with Crippen molar-refractivity contribution in [3.05, 3.63) is 89.0 Å². The van der Waals surface area contributed by atoms with Crippen LogP contribution in [0.3, 0.4) is 0 Å². The summed E-state index contributed by atoms with van der Waals surface area (Å²) in [5, 5.41) is 9.16. The minimum Gasteiger partial charge on any atom is -0.483 e. The zero-order valence-corrected chi connectivity index (χ0v) is 19.9. The fraction of sp³-hybridized carbons (Fsp3) is 0.185. The van der Waals surface area contributed by atoms with Gasteiger partial charge in [-0.25, -0.2) is 5.43 Å². The summed E-state index contributed by atoms with van der Waals surface area (Å²) in [5.41, 5.74) is 7.20. The molecule has 3 rings (SSSR count). The number of nitrogens with one attached hydrogen (secondary N) is 3. The Hall–Kier alpha value is -4.46. The van der Waals surface area contributed by atoms with E-state index in [1.807, 2.05) is 44.2 Å². The molecule has 0 aromatic heterocycles. The second kappa shape index (κ2) is 12.1. The van der Waals surface area contributed by atoms with Gasteiger partial charge in [-0.2, -0.15) is 5.10 Å². The Morgan fingerprint density at radius 1 is 0.857 bits per heavy atom. The molecule has 3 N–H and O–H groups in total. The van der Waals surface area contributed by atoms with Crippen LogP contribution in [-0.4, -0.2) is 30.5 Å². The Balaban J connectivity index is 1.52. The standard InChI is InChI=1S/C27H28N4O4/c1-4-20-10-13-22(14-11-20)29-25(32)17-35-24-8-6-5-7-21(24)16-28-31-27(34)26(33)30-23-12-9-18(2)19(3)15-23/h5-16H,4,17H2,1-3H3,(H,29,32)(H,30,33)(H,31,34)/b28-16-. The first-order chi connectivity index (χ1) is 16.9. The van der Waals surface area contributed by atoms with Crippen molar-refractivity contribution in [2.24, 2.45) is 5.10 Å². The summed E-state index contributed by atoms with van der Waals surface area (Å²) in [6.45, 7) is 5.74. The van der Waals surface area contributed by atoms with Gasteiger partial charge >= 0.3 is 11.8 Å². The van der Waals surface area contributed by atoms with E-state index in [1.165, 1.54) is 11.8 Å². The molecule has 0 aliphatic carbocycles. The summed E-state index contributed by atoms with van der Waals surface area (Å²) in [6.07, 6.45) is 2.27.